The summed E-state index contributed by atoms with van der Waals surface area (Å²) < 4.78 is 20.1. The van der Waals surface area contributed by atoms with E-state index in [4.69, 9.17) is 35.9 Å². The van der Waals surface area contributed by atoms with E-state index in [1.807, 2.05) is 76.7 Å². The van der Waals surface area contributed by atoms with E-state index in [0.717, 1.165) is 72.5 Å². The quantitative estimate of drug-likeness (QED) is 0.149. The van der Waals surface area contributed by atoms with E-state index < -0.39 is 17.7 Å². The normalized spacial score (nSPS) is 14.8. The number of piperidine rings is 1. The molecule has 0 N–H and O–H groups in total. The number of ether oxygens (including phenoxy) is 3. The Bertz CT molecular complexity index is 2000. The lowest BCUT2D eigenvalue weighted by Crippen LogP contribution is -2.38. The van der Waals surface area contributed by atoms with Crippen LogP contribution in [0.5, 0.6) is 0 Å². The van der Waals surface area contributed by atoms with Crippen molar-refractivity contribution in [2.24, 2.45) is 7.05 Å². The molecule has 1 fully saturated rings. The van der Waals surface area contributed by atoms with Gasteiger partial charge >= 0.3 is 12.1 Å². The fourth-order valence-electron chi connectivity index (χ4n) is 6.65. The zero-order valence-electron chi connectivity index (χ0n) is 29.1. The van der Waals surface area contributed by atoms with E-state index in [1.165, 1.54) is 0 Å². The van der Waals surface area contributed by atoms with E-state index in [-0.39, 0.29) is 18.6 Å². The number of rotatable bonds is 8. The van der Waals surface area contributed by atoms with Crippen molar-refractivity contribution in [1.29, 1.82) is 0 Å². The Balaban J connectivity index is 1.46. The number of benzene rings is 3. The first-order chi connectivity index (χ1) is 23.4. The summed E-state index contributed by atoms with van der Waals surface area (Å²) in [5, 5.41) is 7.53. The minimum Gasteiger partial charge on any atom is -0.464 e. The van der Waals surface area contributed by atoms with E-state index in [9.17, 15) is 9.59 Å². The van der Waals surface area contributed by atoms with Crippen LogP contribution in [0.3, 0.4) is 0 Å². The van der Waals surface area contributed by atoms with Crippen molar-refractivity contribution in [3.63, 3.8) is 0 Å². The van der Waals surface area contributed by atoms with Crippen LogP contribution in [0.15, 0.2) is 48.5 Å². The second-order valence-corrected chi connectivity index (χ2v) is 14.9. The predicted molar refractivity (Wildman–Crippen MR) is 195 cm³/mol. The van der Waals surface area contributed by atoms with Gasteiger partial charge < -0.3 is 19.1 Å². The first-order valence-electron chi connectivity index (χ1n) is 16.8. The third-order valence-electron chi connectivity index (χ3n) is 8.83. The van der Waals surface area contributed by atoms with Gasteiger partial charge in [-0.2, -0.15) is 5.10 Å². The van der Waals surface area contributed by atoms with Gasteiger partial charge in [-0.15, -0.1) is 11.3 Å². The third-order valence-corrected chi connectivity index (χ3v) is 10.2. The Labute approximate surface area is 296 Å². The fraction of sp³-hybridized carbons (Fsp3) is 0.421. The summed E-state index contributed by atoms with van der Waals surface area (Å²) in [4.78, 5) is 32.8. The van der Waals surface area contributed by atoms with Crippen LogP contribution >= 0.6 is 22.9 Å². The molecule has 0 unspecified atom stereocenters. The van der Waals surface area contributed by atoms with Crippen molar-refractivity contribution < 1.29 is 23.8 Å². The zero-order valence-corrected chi connectivity index (χ0v) is 30.7. The van der Waals surface area contributed by atoms with Crippen LogP contribution in [-0.4, -0.2) is 63.6 Å². The second kappa shape index (κ2) is 14.1. The first kappa shape index (κ1) is 34.9. The zero-order chi connectivity index (χ0) is 35.0. The van der Waals surface area contributed by atoms with Crippen LogP contribution in [-0.2, 0) is 26.1 Å². The summed E-state index contributed by atoms with van der Waals surface area (Å²) in [5.74, 6) is -0.202. The van der Waals surface area contributed by atoms with Crippen LogP contribution in [0.1, 0.15) is 76.3 Å². The third kappa shape index (κ3) is 7.18. The van der Waals surface area contributed by atoms with Gasteiger partial charge in [0.1, 0.15) is 5.01 Å². The maximum atomic E-state index is 13.5. The van der Waals surface area contributed by atoms with Crippen molar-refractivity contribution >= 4 is 56.1 Å². The van der Waals surface area contributed by atoms with Gasteiger partial charge in [-0.25, -0.2) is 14.6 Å². The molecule has 258 valence electrons. The maximum Gasteiger partial charge on any atom is 0.409 e. The predicted octanol–water partition coefficient (Wildman–Crippen LogP) is 9.23. The fourth-order valence-corrected chi connectivity index (χ4v) is 7.90. The van der Waals surface area contributed by atoms with Gasteiger partial charge in [-0.3, -0.25) is 4.68 Å². The molecule has 2 aromatic heterocycles. The number of hydrogen-bond donors (Lipinski definition) is 0. The van der Waals surface area contributed by atoms with Crippen molar-refractivity contribution in [1.82, 2.24) is 19.7 Å². The topological polar surface area (TPSA) is 95.8 Å². The smallest absolute Gasteiger partial charge is 0.409 e. The number of fused-ring (bicyclic) bond motifs is 2. The van der Waals surface area contributed by atoms with Crippen molar-refractivity contribution in [2.75, 3.05) is 26.3 Å². The summed E-state index contributed by atoms with van der Waals surface area (Å²) >= 11 is 7.91. The first-order valence-corrected chi connectivity index (χ1v) is 18.0. The van der Waals surface area contributed by atoms with Gasteiger partial charge in [0.15, 0.2) is 6.10 Å². The average Bonchev–Trinajstić information content (AvgIpc) is 3.64. The number of esters is 1. The Morgan fingerprint density at radius 3 is 2.33 bits per heavy atom. The molecule has 1 amide bonds. The molecule has 1 atom stereocenters. The van der Waals surface area contributed by atoms with Gasteiger partial charge in [-0.1, -0.05) is 23.7 Å². The number of hydrogen-bond acceptors (Lipinski definition) is 8. The molecule has 1 saturated heterocycles. The van der Waals surface area contributed by atoms with Gasteiger partial charge in [0.2, 0.25) is 0 Å². The summed E-state index contributed by atoms with van der Waals surface area (Å²) in [5.41, 5.74) is 6.74. The van der Waals surface area contributed by atoms with Crippen molar-refractivity contribution in [3.8, 4) is 21.7 Å². The van der Waals surface area contributed by atoms with E-state index >= 15 is 0 Å². The second-order valence-electron chi connectivity index (χ2n) is 13.4. The van der Waals surface area contributed by atoms with Crippen molar-refractivity contribution in [3.05, 3.63) is 70.4 Å². The Morgan fingerprint density at radius 1 is 1.00 bits per heavy atom. The number of aromatic nitrogens is 3. The number of thiazole rings is 1. The van der Waals surface area contributed by atoms with Gasteiger partial charge in [-0.05, 0) is 102 Å². The number of halogens is 1. The molecular formula is C38H43ClN4O5S. The van der Waals surface area contributed by atoms with E-state index in [0.29, 0.717) is 24.7 Å². The van der Waals surface area contributed by atoms with E-state index in [2.05, 4.69) is 18.2 Å². The molecule has 1 aliphatic rings. The molecule has 0 spiro atoms. The number of carbonyl (C=O) groups excluding carboxylic acids is 2. The summed E-state index contributed by atoms with van der Waals surface area (Å²) in [6, 6.07) is 16.1. The lowest BCUT2D eigenvalue weighted by Gasteiger charge is -2.30. The van der Waals surface area contributed by atoms with Crippen LogP contribution in [0.4, 0.5) is 4.79 Å². The van der Waals surface area contributed by atoms with Gasteiger partial charge in [0.05, 0.1) is 40.2 Å². The number of likely N-dealkylation sites (tertiary alicyclic amines) is 1. The Morgan fingerprint density at radius 2 is 1.67 bits per heavy atom. The number of aryl methyl sites for hydroxylation is 2. The summed E-state index contributed by atoms with van der Waals surface area (Å²) in [6.07, 6.45) is 0.451. The van der Waals surface area contributed by atoms with Crippen LogP contribution in [0.2, 0.25) is 5.02 Å². The lowest BCUT2D eigenvalue weighted by molar-refractivity contribution is -0.166. The van der Waals surface area contributed by atoms with Gasteiger partial charge in [0.25, 0.3) is 0 Å². The molecule has 1 aliphatic heterocycles. The molecule has 0 radical (unpaired) electrons. The van der Waals surface area contributed by atoms with Crippen LogP contribution < -0.4 is 0 Å². The molecule has 6 rings (SSSR count). The molecule has 0 aliphatic carbocycles. The number of nitrogens with zero attached hydrogens (tertiary/aromatic N) is 4. The highest BCUT2D eigenvalue weighted by Gasteiger charge is 2.34. The van der Waals surface area contributed by atoms with Crippen molar-refractivity contribution in [2.45, 2.75) is 72.0 Å². The summed E-state index contributed by atoms with van der Waals surface area (Å²) in [6.45, 7) is 13.3. The molecule has 49 heavy (non-hydrogen) atoms. The molecule has 11 heteroatoms. The SMILES string of the molecule is CCOC(=O)[C@@H](OC(C)(C)C)c1c(C)cc2nc(-c3ccc4c(c3)c(C3CCN(C(=O)OCC)CC3)nn4C)sc2c1-c1ccc(Cl)cc1. The molecular weight excluding hydrogens is 660 g/mol. The highest BCUT2D eigenvalue weighted by molar-refractivity contribution is 7.22. The lowest BCUT2D eigenvalue weighted by atomic mass is 9.91. The Hall–Kier alpha value is -3.99. The molecule has 0 bridgehead atoms. The number of carbonyl (C=O) groups is 2. The van der Waals surface area contributed by atoms with Crippen LogP contribution in [0, 0.1) is 6.92 Å². The molecule has 3 aromatic carbocycles. The molecule has 0 saturated carbocycles. The summed E-state index contributed by atoms with van der Waals surface area (Å²) in [7, 11) is 1.97. The largest absolute Gasteiger partial charge is 0.464 e. The minimum atomic E-state index is -0.940. The van der Waals surface area contributed by atoms with Gasteiger partial charge in [0, 0.05) is 53.2 Å². The standard InChI is InChI=1S/C38H43ClN4O5S/c1-8-46-36(44)33(48-38(4,5)6)30-22(3)20-28-34(31(30)23-10-13-26(39)14-11-23)49-35(40-28)25-12-15-29-27(21-25)32(41-42(29)7)24-16-18-43(19-17-24)37(45)47-9-2/h10-15,20-21,24,33H,8-9,16-19H2,1-7H3/t33-/m0/s1. The highest BCUT2D eigenvalue weighted by Crippen LogP contribution is 2.45. The Kier molecular flexibility index (Phi) is 10.0. The molecule has 9 nitrogen and oxygen atoms in total. The average molecular weight is 703 g/mol. The minimum absolute atomic E-state index is 0.226. The van der Waals surface area contributed by atoms with Crippen LogP contribution in [0.25, 0.3) is 42.8 Å². The molecule has 3 heterocycles. The number of amides is 1. The maximum absolute atomic E-state index is 13.5. The monoisotopic (exact) mass is 702 g/mol. The molecule has 5 aromatic rings. The van der Waals surface area contributed by atoms with E-state index in [1.54, 1.807) is 23.2 Å². The highest BCUT2D eigenvalue weighted by atomic mass is 35.5.